The van der Waals surface area contributed by atoms with E-state index in [4.69, 9.17) is 9.84 Å². The maximum absolute atomic E-state index is 12.8. The number of benzene rings is 1. The maximum atomic E-state index is 12.8. The van der Waals surface area contributed by atoms with E-state index in [1.807, 2.05) is 0 Å². The van der Waals surface area contributed by atoms with Crippen molar-refractivity contribution in [2.24, 2.45) is 0 Å². The largest absolute Gasteiger partial charge is 0.480 e. The predicted octanol–water partition coefficient (Wildman–Crippen LogP) is 1.05. The summed E-state index contributed by atoms with van der Waals surface area (Å²) >= 11 is 0. The highest BCUT2D eigenvalue weighted by Crippen LogP contribution is 2.08. The first-order valence-electron chi connectivity index (χ1n) is 5.18. The average molecular weight is 256 g/mol. The van der Waals surface area contributed by atoms with E-state index in [0.29, 0.717) is 5.69 Å². The monoisotopic (exact) mass is 256 g/mol. The Morgan fingerprint density at radius 3 is 2.83 bits per heavy atom. The zero-order chi connectivity index (χ0) is 13.4. The van der Waals surface area contributed by atoms with Crippen LogP contribution in [0.1, 0.15) is 0 Å². The lowest BCUT2D eigenvalue weighted by atomic mass is 10.3. The van der Waals surface area contributed by atoms with Gasteiger partial charge >= 0.3 is 12.0 Å². The molecule has 0 heterocycles. The topological polar surface area (TPSA) is 87.7 Å². The Morgan fingerprint density at radius 1 is 1.39 bits per heavy atom. The molecule has 1 aromatic carbocycles. The zero-order valence-electron chi connectivity index (χ0n) is 9.48. The fourth-order valence-electron chi connectivity index (χ4n) is 1.14. The third-order valence-electron chi connectivity index (χ3n) is 1.84. The molecule has 0 aliphatic rings. The summed E-state index contributed by atoms with van der Waals surface area (Å²) < 4.78 is 17.5. The van der Waals surface area contributed by atoms with Crippen molar-refractivity contribution in [2.75, 3.05) is 25.1 Å². The molecule has 0 aromatic heterocycles. The van der Waals surface area contributed by atoms with Crippen LogP contribution in [0.4, 0.5) is 14.9 Å². The zero-order valence-corrected chi connectivity index (χ0v) is 9.48. The van der Waals surface area contributed by atoms with Gasteiger partial charge in [-0.2, -0.15) is 0 Å². The SMILES string of the molecule is O=C(O)COCCNC(=O)Nc1cccc(F)c1. The number of carbonyl (C=O) groups excluding carboxylic acids is 1. The number of carbonyl (C=O) groups is 2. The van der Waals surface area contributed by atoms with E-state index in [1.54, 1.807) is 6.07 Å². The van der Waals surface area contributed by atoms with Gasteiger partial charge in [-0.15, -0.1) is 0 Å². The van der Waals surface area contributed by atoms with E-state index in [0.717, 1.165) is 0 Å². The molecule has 18 heavy (non-hydrogen) atoms. The molecule has 1 aromatic rings. The van der Waals surface area contributed by atoms with Gasteiger partial charge in [0, 0.05) is 12.2 Å². The van der Waals surface area contributed by atoms with Gasteiger partial charge in [0.05, 0.1) is 6.61 Å². The van der Waals surface area contributed by atoms with Gasteiger partial charge in [0.2, 0.25) is 0 Å². The first-order chi connectivity index (χ1) is 8.58. The van der Waals surface area contributed by atoms with E-state index >= 15 is 0 Å². The Balaban J connectivity index is 2.20. The molecule has 0 aliphatic heterocycles. The quantitative estimate of drug-likeness (QED) is 0.664. The van der Waals surface area contributed by atoms with Crippen molar-refractivity contribution in [3.8, 4) is 0 Å². The predicted molar refractivity (Wildman–Crippen MR) is 61.9 cm³/mol. The number of aliphatic carboxylic acids is 1. The minimum Gasteiger partial charge on any atom is -0.480 e. The van der Waals surface area contributed by atoms with Gasteiger partial charge in [0.25, 0.3) is 0 Å². The van der Waals surface area contributed by atoms with Gasteiger partial charge in [-0.3, -0.25) is 0 Å². The Bertz CT molecular complexity index is 425. The minimum atomic E-state index is -1.07. The lowest BCUT2D eigenvalue weighted by Gasteiger charge is -2.07. The van der Waals surface area contributed by atoms with Gasteiger partial charge in [0.1, 0.15) is 12.4 Å². The summed E-state index contributed by atoms with van der Waals surface area (Å²) in [6.07, 6.45) is 0. The lowest BCUT2D eigenvalue weighted by Crippen LogP contribution is -2.32. The molecule has 0 atom stereocenters. The standard InChI is InChI=1S/C11H13FN2O4/c12-8-2-1-3-9(6-8)14-11(17)13-4-5-18-7-10(15)16/h1-3,6H,4-5,7H2,(H,15,16)(H2,13,14,17). The van der Waals surface area contributed by atoms with Crippen molar-refractivity contribution < 1.29 is 23.8 Å². The van der Waals surface area contributed by atoms with Crippen LogP contribution in [-0.2, 0) is 9.53 Å². The number of anilines is 1. The van der Waals surface area contributed by atoms with Crippen LogP contribution in [0.3, 0.4) is 0 Å². The van der Waals surface area contributed by atoms with Gasteiger partial charge < -0.3 is 20.5 Å². The summed E-state index contributed by atoms with van der Waals surface area (Å²) in [5, 5.41) is 13.1. The van der Waals surface area contributed by atoms with E-state index in [1.165, 1.54) is 18.2 Å². The van der Waals surface area contributed by atoms with Crippen molar-refractivity contribution in [1.29, 1.82) is 0 Å². The van der Waals surface area contributed by atoms with Crippen molar-refractivity contribution in [3.05, 3.63) is 30.1 Å². The Morgan fingerprint density at radius 2 is 2.17 bits per heavy atom. The number of ether oxygens (including phenoxy) is 1. The van der Waals surface area contributed by atoms with Gasteiger partial charge in [0.15, 0.2) is 0 Å². The number of rotatable bonds is 6. The van der Waals surface area contributed by atoms with E-state index < -0.39 is 24.4 Å². The molecule has 2 amide bonds. The Labute approximate surface area is 103 Å². The second kappa shape index (κ2) is 7.23. The van der Waals surface area contributed by atoms with Crippen LogP contribution >= 0.6 is 0 Å². The Kier molecular flexibility index (Phi) is 5.59. The summed E-state index contributed by atoms with van der Waals surface area (Å²) in [5.74, 6) is -1.52. The normalized spacial score (nSPS) is 9.83. The number of hydrogen-bond acceptors (Lipinski definition) is 3. The summed E-state index contributed by atoms with van der Waals surface area (Å²) in [6, 6.07) is 4.95. The van der Waals surface area contributed by atoms with Crippen LogP contribution in [0.25, 0.3) is 0 Å². The Hall–Kier alpha value is -2.15. The molecule has 0 bridgehead atoms. The summed E-state index contributed by atoms with van der Waals surface area (Å²) in [5.41, 5.74) is 0.332. The highest BCUT2D eigenvalue weighted by Gasteiger charge is 2.02. The maximum Gasteiger partial charge on any atom is 0.329 e. The fourth-order valence-corrected chi connectivity index (χ4v) is 1.14. The number of hydrogen-bond donors (Lipinski definition) is 3. The minimum absolute atomic E-state index is 0.0862. The molecule has 0 spiro atoms. The fraction of sp³-hybridized carbons (Fsp3) is 0.273. The van der Waals surface area contributed by atoms with Crippen LogP contribution < -0.4 is 10.6 Å². The lowest BCUT2D eigenvalue weighted by molar-refractivity contribution is -0.142. The van der Waals surface area contributed by atoms with E-state index in [-0.39, 0.29) is 13.2 Å². The second-order valence-corrected chi connectivity index (χ2v) is 3.34. The van der Waals surface area contributed by atoms with Gasteiger partial charge in [-0.25, -0.2) is 14.0 Å². The van der Waals surface area contributed by atoms with Crippen molar-refractivity contribution in [2.45, 2.75) is 0 Å². The molecule has 0 aliphatic carbocycles. The van der Waals surface area contributed by atoms with Crippen LogP contribution in [-0.4, -0.2) is 36.9 Å². The smallest absolute Gasteiger partial charge is 0.329 e. The first-order valence-corrected chi connectivity index (χ1v) is 5.18. The summed E-state index contributed by atoms with van der Waals surface area (Å²) in [4.78, 5) is 21.4. The number of carboxylic acids is 1. The summed E-state index contributed by atoms with van der Waals surface area (Å²) in [6.45, 7) is -0.162. The molecule has 1 rings (SSSR count). The molecular weight excluding hydrogens is 243 g/mol. The van der Waals surface area contributed by atoms with Crippen molar-refractivity contribution in [3.63, 3.8) is 0 Å². The molecule has 0 saturated heterocycles. The number of nitrogens with one attached hydrogen (secondary N) is 2. The van der Waals surface area contributed by atoms with Crippen LogP contribution in [0.5, 0.6) is 0 Å². The number of carboxylic acid groups (broad SMARTS) is 1. The highest BCUT2D eigenvalue weighted by molar-refractivity contribution is 5.89. The molecule has 0 saturated carbocycles. The third kappa shape index (κ3) is 5.80. The second-order valence-electron chi connectivity index (χ2n) is 3.34. The van der Waals surface area contributed by atoms with Gasteiger partial charge in [-0.05, 0) is 18.2 Å². The van der Waals surface area contributed by atoms with Crippen LogP contribution in [0, 0.1) is 5.82 Å². The van der Waals surface area contributed by atoms with Crippen molar-refractivity contribution in [1.82, 2.24) is 5.32 Å². The number of halogens is 1. The molecular formula is C11H13FN2O4. The summed E-state index contributed by atoms with van der Waals surface area (Å²) in [7, 11) is 0. The molecule has 0 fully saturated rings. The molecule has 7 heteroatoms. The highest BCUT2D eigenvalue weighted by atomic mass is 19.1. The van der Waals surface area contributed by atoms with Crippen molar-refractivity contribution >= 4 is 17.7 Å². The molecule has 0 radical (unpaired) electrons. The number of urea groups is 1. The molecule has 3 N–H and O–H groups in total. The van der Waals surface area contributed by atoms with E-state index in [2.05, 4.69) is 10.6 Å². The molecule has 0 unspecified atom stereocenters. The van der Waals surface area contributed by atoms with E-state index in [9.17, 15) is 14.0 Å². The van der Waals surface area contributed by atoms with Crippen LogP contribution in [0.15, 0.2) is 24.3 Å². The first kappa shape index (κ1) is 13.9. The number of amides is 2. The van der Waals surface area contributed by atoms with Crippen LogP contribution in [0.2, 0.25) is 0 Å². The molecule has 6 nitrogen and oxygen atoms in total. The third-order valence-corrected chi connectivity index (χ3v) is 1.84. The average Bonchev–Trinajstić information content (AvgIpc) is 2.28. The van der Waals surface area contributed by atoms with Gasteiger partial charge in [-0.1, -0.05) is 6.07 Å². The molecule has 98 valence electrons.